The number of likely N-dealkylation sites (N-methyl/N-ethyl adjacent to an activating group) is 1. The zero-order chi connectivity index (χ0) is 22.0. The quantitative estimate of drug-likeness (QED) is 0.485. The smallest absolute Gasteiger partial charge is 0.293 e. The fraction of sp³-hybridized carbons (Fsp3) is 0.500. The maximum absolute atomic E-state index is 15.0. The fourth-order valence-electron chi connectivity index (χ4n) is 4.21. The second-order valence-corrected chi connectivity index (χ2v) is 10.4. The van der Waals surface area contributed by atoms with Crippen LogP contribution in [0.5, 0.6) is 0 Å². The van der Waals surface area contributed by atoms with E-state index in [-0.39, 0.29) is 34.1 Å². The molecular formula is C20H25FN4O4S2. The average Bonchev–Trinajstić information content (AvgIpc) is 3.45. The molecule has 2 fully saturated rings. The van der Waals surface area contributed by atoms with E-state index in [2.05, 4.69) is 20.3 Å². The summed E-state index contributed by atoms with van der Waals surface area (Å²) < 4.78 is 48.1. The monoisotopic (exact) mass is 468 g/mol. The van der Waals surface area contributed by atoms with E-state index in [1.54, 1.807) is 12.4 Å². The lowest BCUT2D eigenvalue weighted by Gasteiger charge is -2.38. The number of ether oxygens (including phenoxy) is 1. The van der Waals surface area contributed by atoms with Crippen LogP contribution in [0.15, 0.2) is 28.6 Å². The molecule has 3 atom stereocenters. The maximum atomic E-state index is 15.0. The summed E-state index contributed by atoms with van der Waals surface area (Å²) in [5, 5.41) is 8.43. The van der Waals surface area contributed by atoms with Crippen molar-refractivity contribution in [2.75, 3.05) is 17.1 Å². The Labute approximate surface area is 184 Å². The van der Waals surface area contributed by atoms with Crippen molar-refractivity contribution in [2.45, 2.75) is 61.1 Å². The van der Waals surface area contributed by atoms with Gasteiger partial charge in [-0.05, 0) is 62.8 Å². The zero-order valence-electron chi connectivity index (χ0n) is 17.0. The largest absolute Gasteiger partial charge is 0.463 e. The molecular weight excluding hydrogens is 443 g/mol. The number of nitrogens with one attached hydrogen (secondary N) is 3. The molecule has 1 heterocycles. The van der Waals surface area contributed by atoms with Crippen molar-refractivity contribution < 1.29 is 22.3 Å². The minimum Gasteiger partial charge on any atom is -0.463 e. The van der Waals surface area contributed by atoms with Crippen molar-refractivity contribution in [1.82, 2.24) is 10.3 Å². The Hall–Kier alpha value is -2.24. The Morgan fingerprint density at radius 3 is 2.71 bits per heavy atom. The first-order valence-electron chi connectivity index (χ1n) is 10.2. The molecule has 0 bridgehead atoms. The highest BCUT2D eigenvalue weighted by Crippen LogP contribution is 2.45. The summed E-state index contributed by atoms with van der Waals surface area (Å²) in [6.45, 7) is 0.460. The van der Waals surface area contributed by atoms with Gasteiger partial charge in [0.2, 0.25) is 0 Å². The second kappa shape index (κ2) is 9.09. The van der Waals surface area contributed by atoms with Crippen molar-refractivity contribution in [1.29, 1.82) is 0 Å². The summed E-state index contributed by atoms with van der Waals surface area (Å²) in [6.07, 6.45) is 5.50. The van der Waals surface area contributed by atoms with Crippen LogP contribution in [0.4, 0.5) is 15.2 Å². The molecule has 3 N–H and O–H groups in total. The van der Waals surface area contributed by atoms with Crippen LogP contribution in [-0.4, -0.2) is 45.1 Å². The van der Waals surface area contributed by atoms with Crippen molar-refractivity contribution in [3.63, 3.8) is 0 Å². The van der Waals surface area contributed by atoms with Gasteiger partial charge in [-0.25, -0.2) is 17.8 Å². The third-order valence-electron chi connectivity index (χ3n) is 5.81. The molecule has 1 unspecified atom stereocenters. The van der Waals surface area contributed by atoms with Crippen molar-refractivity contribution in [3.05, 3.63) is 35.1 Å². The van der Waals surface area contributed by atoms with Gasteiger partial charge in [-0.1, -0.05) is 0 Å². The normalized spacial score (nSPS) is 23.9. The third kappa shape index (κ3) is 4.83. The molecule has 0 radical (unpaired) electrons. The number of hydrogen-bond donors (Lipinski definition) is 3. The predicted octanol–water partition coefficient (Wildman–Crippen LogP) is 3.05. The van der Waals surface area contributed by atoms with E-state index in [0.29, 0.717) is 12.2 Å². The van der Waals surface area contributed by atoms with E-state index >= 15 is 4.39 Å². The number of sulfonamides is 1. The molecule has 168 valence electrons. The van der Waals surface area contributed by atoms with Gasteiger partial charge in [0.25, 0.3) is 16.5 Å². The van der Waals surface area contributed by atoms with Gasteiger partial charge >= 0.3 is 0 Å². The highest BCUT2D eigenvalue weighted by Gasteiger charge is 2.36. The van der Waals surface area contributed by atoms with Crippen LogP contribution in [-0.2, 0) is 19.6 Å². The summed E-state index contributed by atoms with van der Waals surface area (Å²) in [5.41, 5.74) is 1.37. The molecule has 0 amide bonds. The van der Waals surface area contributed by atoms with Crippen LogP contribution in [0.2, 0.25) is 0 Å². The van der Waals surface area contributed by atoms with Gasteiger partial charge in [0.15, 0.2) is 5.13 Å². The number of hydrogen-bond acceptors (Lipinski definition) is 8. The molecule has 2 aliphatic rings. The van der Waals surface area contributed by atoms with E-state index in [4.69, 9.17) is 4.74 Å². The van der Waals surface area contributed by atoms with E-state index in [9.17, 15) is 13.2 Å². The number of anilines is 2. The minimum atomic E-state index is -4.10. The Kier molecular flexibility index (Phi) is 6.44. The number of halogens is 1. The molecule has 0 saturated heterocycles. The summed E-state index contributed by atoms with van der Waals surface area (Å²) in [6, 6.07) is 2.48. The number of carbonyl (C=O) groups is 1. The van der Waals surface area contributed by atoms with E-state index in [1.807, 2.05) is 0 Å². The van der Waals surface area contributed by atoms with Crippen molar-refractivity contribution in [3.8, 4) is 0 Å². The topological polar surface area (TPSA) is 109 Å². The lowest BCUT2D eigenvalue weighted by atomic mass is 9.87. The SMILES string of the molecule is CN[C@H]1C(OC=O)CCC[C@@H]1Nc1cc(F)c(S(=O)(=O)Nc2nccs2)cc1C1CC1. The number of carbonyl (C=O) groups excluding carboxylic acids is 1. The molecule has 8 nitrogen and oxygen atoms in total. The average molecular weight is 469 g/mol. The minimum absolute atomic E-state index is 0.0866. The summed E-state index contributed by atoms with van der Waals surface area (Å²) in [5.74, 6) is -0.635. The van der Waals surface area contributed by atoms with Gasteiger partial charge in [0.05, 0.1) is 6.04 Å². The highest BCUT2D eigenvalue weighted by atomic mass is 32.2. The van der Waals surface area contributed by atoms with Crippen LogP contribution in [0.1, 0.15) is 43.6 Å². The first-order chi connectivity index (χ1) is 14.9. The molecule has 11 heteroatoms. The molecule has 0 spiro atoms. The lowest BCUT2D eigenvalue weighted by Crippen LogP contribution is -2.53. The van der Waals surface area contributed by atoms with E-state index in [1.165, 1.54) is 18.3 Å². The molecule has 1 aromatic carbocycles. The number of thiazole rings is 1. The number of benzene rings is 1. The number of nitrogens with zero attached hydrogens (tertiary/aromatic N) is 1. The summed E-state index contributed by atoms with van der Waals surface area (Å²) >= 11 is 1.13. The Morgan fingerprint density at radius 1 is 1.26 bits per heavy atom. The first kappa shape index (κ1) is 22.0. The molecule has 0 aliphatic heterocycles. The van der Waals surface area contributed by atoms with Crippen LogP contribution < -0.4 is 15.4 Å². The molecule has 4 rings (SSSR count). The predicted molar refractivity (Wildman–Crippen MR) is 116 cm³/mol. The van der Waals surface area contributed by atoms with Crippen LogP contribution in [0, 0.1) is 5.82 Å². The van der Waals surface area contributed by atoms with E-state index in [0.717, 1.165) is 49.0 Å². The van der Waals surface area contributed by atoms with Gasteiger partial charge in [-0.3, -0.25) is 9.52 Å². The Balaban J connectivity index is 1.63. The van der Waals surface area contributed by atoms with Gasteiger partial charge in [0, 0.05) is 23.3 Å². The fourth-order valence-corrected chi connectivity index (χ4v) is 6.09. The van der Waals surface area contributed by atoms with Crippen molar-refractivity contribution in [2.24, 2.45) is 0 Å². The van der Waals surface area contributed by atoms with Crippen LogP contribution in [0.3, 0.4) is 0 Å². The standard InChI is InChI=1S/C20H25FN4O4S2/c1-22-19-15(3-2-4-17(19)29-11-26)24-16-10-14(21)18(9-13(16)12-5-6-12)31(27,28)25-20-23-7-8-30-20/h7-12,15,17,19,22,24H,2-6H2,1H3,(H,23,25)/t15-,17?,19+/m0/s1. The maximum Gasteiger partial charge on any atom is 0.293 e. The zero-order valence-corrected chi connectivity index (χ0v) is 18.6. The van der Waals surface area contributed by atoms with Crippen LogP contribution >= 0.6 is 11.3 Å². The molecule has 2 aliphatic carbocycles. The second-order valence-electron chi connectivity index (χ2n) is 7.85. The van der Waals surface area contributed by atoms with Crippen LogP contribution in [0.25, 0.3) is 0 Å². The van der Waals surface area contributed by atoms with Gasteiger partial charge in [0.1, 0.15) is 16.8 Å². The third-order valence-corrected chi connectivity index (χ3v) is 7.98. The molecule has 2 aromatic rings. The number of rotatable bonds is 9. The highest BCUT2D eigenvalue weighted by molar-refractivity contribution is 7.93. The summed E-state index contributed by atoms with van der Waals surface area (Å²) in [4.78, 5) is 14.4. The molecule has 2 saturated carbocycles. The summed E-state index contributed by atoms with van der Waals surface area (Å²) in [7, 11) is -2.30. The number of aromatic nitrogens is 1. The molecule has 31 heavy (non-hydrogen) atoms. The lowest BCUT2D eigenvalue weighted by molar-refractivity contribution is -0.136. The Bertz CT molecular complexity index is 1030. The molecule has 1 aromatic heterocycles. The van der Waals surface area contributed by atoms with Gasteiger partial charge < -0.3 is 15.4 Å². The first-order valence-corrected chi connectivity index (χ1v) is 12.6. The van der Waals surface area contributed by atoms with Crippen molar-refractivity contribution >= 4 is 38.7 Å². The van der Waals surface area contributed by atoms with Gasteiger partial charge in [-0.15, -0.1) is 11.3 Å². The van der Waals surface area contributed by atoms with E-state index < -0.39 is 15.8 Å². The Morgan fingerprint density at radius 2 is 2.06 bits per heavy atom. The van der Waals surface area contributed by atoms with Gasteiger partial charge in [-0.2, -0.15) is 0 Å².